The monoisotopic (exact) mass is 235 g/mol. The molecule has 2 rings (SSSR count). The lowest BCUT2D eigenvalue weighted by atomic mass is 10.3. The molecular formula is C9H9N5O3. The molecular weight excluding hydrogens is 226 g/mol. The van der Waals surface area contributed by atoms with Crippen molar-refractivity contribution < 1.29 is 4.92 Å². The van der Waals surface area contributed by atoms with Gasteiger partial charge in [-0.1, -0.05) is 0 Å². The van der Waals surface area contributed by atoms with Crippen LogP contribution in [0.5, 0.6) is 0 Å². The number of non-ortho nitro benzene ring substituents is 1. The zero-order valence-electron chi connectivity index (χ0n) is 8.90. The zero-order valence-corrected chi connectivity index (χ0v) is 8.90. The SMILES string of the molecule is Cn1nc(N)n(-c2ccc([N+](=O)[O-])cc2)c1=O. The van der Waals surface area contributed by atoms with Gasteiger partial charge in [0.25, 0.3) is 5.69 Å². The van der Waals surface area contributed by atoms with Crippen molar-refractivity contribution in [2.75, 3.05) is 5.73 Å². The average molecular weight is 235 g/mol. The molecule has 0 saturated carbocycles. The maximum Gasteiger partial charge on any atom is 0.351 e. The van der Waals surface area contributed by atoms with Gasteiger partial charge >= 0.3 is 5.69 Å². The van der Waals surface area contributed by atoms with Gasteiger partial charge in [0.1, 0.15) is 0 Å². The van der Waals surface area contributed by atoms with E-state index in [1.807, 2.05) is 0 Å². The number of nitro groups is 1. The van der Waals surface area contributed by atoms with Gasteiger partial charge in [0, 0.05) is 19.2 Å². The number of hydrogen-bond acceptors (Lipinski definition) is 5. The Hall–Kier alpha value is -2.64. The Morgan fingerprint density at radius 2 is 1.94 bits per heavy atom. The molecule has 0 saturated heterocycles. The number of aryl methyl sites for hydroxylation is 1. The number of nitrogens with two attached hydrogens (primary N) is 1. The van der Waals surface area contributed by atoms with Gasteiger partial charge in [0.2, 0.25) is 5.95 Å². The minimum absolute atomic E-state index is 0.0337. The predicted octanol–water partition coefficient (Wildman–Crippen LogP) is 0.0614. The van der Waals surface area contributed by atoms with Crippen LogP contribution in [-0.2, 0) is 7.05 Å². The van der Waals surface area contributed by atoms with Crippen molar-refractivity contribution in [2.24, 2.45) is 7.05 Å². The molecule has 88 valence electrons. The molecule has 2 aromatic rings. The van der Waals surface area contributed by atoms with Crippen molar-refractivity contribution in [3.05, 3.63) is 44.9 Å². The minimum atomic E-state index is -0.515. The quantitative estimate of drug-likeness (QED) is 0.584. The van der Waals surface area contributed by atoms with E-state index in [2.05, 4.69) is 5.10 Å². The van der Waals surface area contributed by atoms with Gasteiger partial charge in [0.15, 0.2) is 0 Å². The topological polar surface area (TPSA) is 109 Å². The van der Waals surface area contributed by atoms with Gasteiger partial charge in [-0.25, -0.2) is 14.0 Å². The van der Waals surface area contributed by atoms with Gasteiger partial charge in [-0.3, -0.25) is 10.1 Å². The lowest BCUT2D eigenvalue weighted by Crippen LogP contribution is -2.21. The summed E-state index contributed by atoms with van der Waals surface area (Å²) in [5, 5.41) is 14.2. The maximum absolute atomic E-state index is 11.7. The van der Waals surface area contributed by atoms with Crippen molar-refractivity contribution in [1.29, 1.82) is 0 Å². The second kappa shape index (κ2) is 3.74. The second-order valence-corrected chi connectivity index (χ2v) is 3.37. The standard InChI is InChI=1S/C9H9N5O3/c1-12-9(15)13(8(10)11-12)6-2-4-7(5-3-6)14(16)17/h2-5H,1H3,(H2,10,11). The van der Waals surface area contributed by atoms with Crippen LogP contribution in [0.3, 0.4) is 0 Å². The second-order valence-electron chi connectivity index (χ2n) is 3.37. The number of benzene rings is 1. The highest BCUT2D eigenvalue weighted by Gasteiger charge is 2.11. The van der Waals surface area contributed by atoms with Crippen LogP contribution in [0.1, 0.15) is 0 Å². The average Bonchev–Trinajstić information content (AvgIpc) is 2.53. The molecule has 1 heterocycles. The lowest BCUT2D eigenvalue weighted by molar-refractivity contribution is -0.384. The summed E-state index contributed by atoms with van der Waals surface area (Å²) in [4.78, 5) is 21.6. The summed E-state index contributed by atoms with van der Waals surface area (Å²) in [6, 6.07) is 5.48. The number of nitrogens with zero attached hydrogens (tertiary/aromatic N) is 4. The maximum atomic E-state index is 11.7. The van der Waals surface area contributed by atoms with Gasteiger partial charge in [-0.05, 0) is 12.1 Å². The van der Waals surface area contributed by atoms with Crippen molar-refractivity contribution in [1.82, 2.24) is 14.3 Å². The molecule has 8 heteroatoms. The van der Waals surface area contributed by atoms with E-state index in [9.17, 15) is 14.9 Å². The molecule has 0 aliphatic carbocycles. The fourth-order valence-corrected chi connectivity index (χ4v) is 1.45. The Bertz CT molecular complexity index is 625. The highest BCUT2D eigenvalue weighted by Crippen LogP contribution is 2.15. The van der Waals surface area contributed by atoms with Crippen LogP contribution >= 0.6 is 0 Å². The summed E-state index contributed by atoms with van der Waals surface area (Å²) in [6.07, 6.45) is 0. The van der Waals surface area contributed by atoms with Gasteiger partial charge in [-0.15, -0.1) is 5.10 Å². The zero-order chi connectivity index (χ0) is 12.6. The van der Waals surface area contributed by atoms with Crippen LogP contribution in [0.2, 0.25) is 0 Å². The van der Waals surface area contributed by atoms with Crippen LogP contribution in [0.4, 0.5) is 11.6 Å². The fraction of sp³-hybridized carbons (Fsp3) is 0.111. The third kappa shape index (κ3) is 1.75. The molecule has 0 radical (unpaired) electrons. The van der Waals surface area contributed by atoms with Gasteiger partial charge < -0.3 is 5.73 Å². The number of anilines is 1. The summed E-state index contributed by atoms with van der Waals surface area (Å²) < 4.78 is 2.26. The number of rotatable bonds is 2. The molecule has 2 N–H and O–H groups in total. The Balaban J connectivity index is 2.54. The first-order valence-electron chi connectivity index (χ1n) is 4.67. The Morgan fingerprint density at radius 1 is 1.35 bits per heavy atom. The number of hydrogen-bond donors (Lipinski definition) is 1. The third-order valence-corrected chi connectivity index (χ3v) is 2.27. The van der Waals surface area contributed by atoms with E-state index in [-0.39, 0.29) is 11.6 Å². The highest BCUT2D eigenvalue weighted by molar-refractivity contribution is 5.43. The summed E-state index contributed by atoms with van der Waals surface area (Å²) >= 11 is 0. The lowest BCUT2D eigenvalue weighted by Gasteiger charge is -2.01. The number of aromatic nitrogens is 3. The molecule has 0 unspecified atom stereocenters. The summed E-state index contributed by atoms with van der Waals surface area (Å²) in [6.45, 7) is 0. The third-order valence-electron chi connectivity index (χ3n) is 2.27. The minimum Gasteiger partial charge on any atom is -0.368 e. The molecule has 17 heavy (non-hydrogen) atoms. The van der Waals surface area contributed by atoms with Crippen molar-refractivity contribution in [3.63, 3.8) is 0 Å². The first-order chi connectivity index (χ1) is 8.00. The molecule has 0 bridgehead atoms. The Labute approximate surface area is 95.0 Å². The molecule has 0 aliphatic rings. The van der Waals surface area contributed by atoms with Crippen LogP contribution in [0.15, 0.2) is 29.1 Å². The van der Waals surface area contributed by atoms with Crippen LogP contribution in [0.25, 0.3) is 5.69 Å². The van der Waals surface area contributed by atoms with E-state index < -0.39 is 10.6 Å². The fourth-order valence-electron chi connectivity index (χ4n) is 1.45. The van der Waals surface area contributed by atoms with E-state index in [0.29, 0.717) is 5.69 Å². The van der Waals surface area contributed by atoms with Gasteiger partial charge in [-0.2, -0.15) is 0 Å². The molecule has 1 aromatic heterocycles. The summed E-state index contributed by atoms with van der Waals surface area (Å²) in [5.74, 6) is 0.0337. The summed E-state index contributed by atoms with van der Waals surface area (Å²) in [7, 11) is 1.47. The summed E-state index contributed by atoms with van der Waals surface area (Å²) in [5.41, 5.74) is 5.55. The van der Waals surface area contributed by atoms with E-state index in [0.717, 1.165) is 4.68 Å². The van der Waals surface area contributed by atoms with Crippen LogP contribution in [-0.4, -0.2) is 19.3 Å². The largest absolute Gasteiger partial charge is 0.368 e. The molecule has 8 nitrogen and oxygen atoms in total. The van der Waals surface area contributed by atoms with Crippen molar-refractivity contribution in [2.45, 2.75) is 0 Å². The molecule has 0 amide bonds. The van der Waals surface area contributed by atoms with Crippen LogP contribution in [0, 0.1) is 10.1 Å². The normalized spacial score (nSPS) is 10.4. The highest BCUT2D eigenvalue weighted by atomic mass is 16.6. The van der Waals surface area contributed by atoms with E-state index in [1.165, 1.54) is 35.9 Å². The number of nitro benzene ring substituents is 1. The van der Waals surface area contributed by atoms with E-state index >= 15 is 0 Å². The van der Waals surface area contributed by atoms with E-state index in [1.54, 1.807) is 0 Å². The smallest absolute Gasteiger partial charge is 0.351 e. The first kappa shape index (κ1) is 10.9. The molecule has 0 fully saturated rings. The Morgan fingerprint density at radius 3 is 2.35 bits per heavy atom. The van der Waals surface area contributed by atoms with E-state index in [4.69, 9.17) is 5.73 Å². The number of nitrogen functional groups attached to an aromatic ring is 1. The van der Waals surface area contributed by atoms with Gasteiger partial charge in [0.05, 0.1) is 10.6 Å². The van der Waals surface area contributed by atoms with Crippen molar-refractivity contribution in [3.8, 4) is 5.69 Å². The molecule has 1 aromatic carbocycles. The van der Waals surface area contributed by atoms with Crippen LogP contribution < -0.4 is 11.4 Å². The Kier molecular flexibility index (Phi) is 2.39. The van der Waals surface area contributed by atoms with Crippen molar-refractivity contribution >= 4 is 11.6 Å². The molecule has 0 aliphatic heterocycles. The molecule has 0 spiro atoms. The first-order valence-corrected chi connectivity index (χ1v) is 4.67. The predicted molar refractivity (Wildman–Crippen MR) is 59.9 cm³/mol. The molecule has 0 atom stereocenters.